The van der Waals surface area contributed by atoms with Crippen molar-refractivity contribution in [2.45, 2.75) is 17.8 Å². The van der Waals surface area contributed by atoms with Crippen LogP contribution in [-0.2, 0) is 4.79 Å². The van der Waals surface area contributed by atoms with Crippen LogP contribution in [0.15, 0.2) is 58.5 Å². The highest BCUT2D eigenvalue weighted by atomic mass is 35.5. The molecule has 2 aliphatic rings. The summed E-state index contributed by atoms with van der Waals surface area (Å²) < 4.78 is 0. The maximum atomic E-state index is 12.3. The highest BCUT2D eigenvalue weighted by molar-refractivity contribution is 6.67. The molecule has 1 fully saturated rings. The fraction of sp³-hybridized carbons (Fsp3) is 0.167. The van der Waals surface area contributed by atoms with Crippen LogP contribution in [0.1, 0.15) is 6.42 Å². The number of alkyl halides is 1. The van der Waals surface area contributed by atoms with Crippen molar-refractivity contribution in [1.82, 2.24) is 0 Å². The molecule has 0 radical (unpaired) electrons. The van der Waals surface area contributed by atoms with Crippen LogP contribution in [0.5, 0.6) is 5.75 Å². The van der Waals surface area contributed by atoms with Crippen molar-refractivity contribution in [3.8, 4) is 5.75 Å². The van der Waals surface area contributed by atoms with Crippen molar-refractivity contribution in [2.24, 2.45) is 9.98 Å². The van der Waals surface area contributed by atoms with Crippen LogP contribution >= 0.6 is 23.2 Å². The van der Waals surface area contributed by atoms with Gasteiger partial charge in [-0.1, -0.05) is 23.7 Å². The molecule has 2 aliphatic heterocycles. The zero-order chi connectivity index (χ0) is 17.6. The summed E-state index contributed by atoms with van der Waals surface area (Å²) in [6.45, 7) is 0. The number of aromatic hydroxyl groups is 1. The second-order valence-electron chi connectivity index (χ2n) is 5.83. The van der Waals surface area contributed by atoms with Gasteiger partial charge in [0.25, 0.3) is 0 Å². The number of benzene rings is 2. The number of phenolic OH excluding ortho intramolecular Hbond substituents is 1. The molecule has 0 aliphatic carbocycles. The fourth-order valence-corrected chi connectivity index (χ4v) is 3.60. The van der Waals surface area contributed by atoms with Gasteiger partial charge in [-0.15, -0.1) is 11.6 Å². The van der Waals surface area contributed by atoms with E-state index in [1.54, 1.807) is 17.0 Å². The minimum Gasteiger partial charge on any atom is -0.508 e. The molecule has 1 amide bonds. The molecule has 25 heavy (non-hydrogen) atoms. The average molecular weight is 374 g/mol. The van der Waals surface area contributed by atoms with Crippen LogP contribution in [0.3, 0.4) is 0 Å². The second kappa shape index (κ2) is 6.17. The number of halogens is 2. The summed E-state index contributed by atoms with van der Waals surface area (Å²) >= 11 is 12.6. The lowest BCUT2D eigenvalue weighted by molar-refractivity contribution is -0.122. The summed E-state index contributed by atoms with van der Waals surface area (Å²) in [5, 5.41) is 9.15. The quantitative estimate of drug-likeness (QED) is 0.634. The van der Waals surface area contributed by atoms with Crippen molar-refractivity contribution >= 4 is 57.1 Å². The molecule has 5 nitrogen and oxygen atoms in total. The molecule has 2 aromatic rings. The van der Waals surface area contributed by atoms with Gasteiger partial charge >= 0.3 is 0 Å². The zero-order valence-electron chi connectivity index (χ0n) is 12.9. The van der Waals surface area contributed by atoms with E-state index in [4.69, 9.17) is 23.2 Å². The zero-order valence-corrected chi connectivity index (χ0v) is 14.4. The third kappa shape index (κ3) is 2.79. The lowest BCUT2D eigenvalue weighted by Gasteiger charge is -2.44. The summed E-state index contributed by atoms with van der Waals surface area (Å²) in [6, 6.07) is 13.4. The summed E-state index contributed by atoms with van der Waals surface area (Å²) in [5.41, 5.74) is 2.72. The predicted octanol–water partition coefficient (Wildman–Crippen LogP) is 4.16. The van der Waals surface area contributed by atoms with E-state index in [1.807, 2.05) is 24.3 Å². The number of nitrogens with zero attached hydrogens (tertiary/aromatic N) is 3. The van der Waals surface area contributed by atoms with Gasteiger partial charge < -0.3 is 10.0 Å². The molecule has 2 aromatic carbocycles. The van der Waals surface area contributed by atoms with Crippen molar-refractivity contribution in [3.05, 3.63) is 48.5 Å². The van der Waals surface area contributed by atoms with Gasteiger partial charge in [-0.2, -0.15) is 0 Å². The van der Waals surface area contributed by atoms with Gasteiger partial charge in [-0.05, 0) is 36.4 Å². The maximum Gasteiger partial charge on any atom is 0.248 e. The van der Waals surface area contributed by atoms with Crippen molar-refractivity contribution in [1.29, 1.82) is 0 Å². The highest BCUT2D eigenvalue weighted by Gasteiger charge is 2.50. The monoisotopic (exact) mass is 373 g/mol. The van der Waals surface area contributed by atoms with E-state index in [0.717, 1.165) is 0 Å². The van der Waals surface area contributed by atoms with Crippen LogP contribution in [0.25, 0.3) is 0 Å². The first-order chi connectivity index (χ1) is 12.0. The summed E-state index contributed by atoms with van der Waals surface area (Å²) in [7, 11) is 0. The Morgan fingerprint density at radius 3 is 2.36 bits per heavy atom. The number of fused-ring (bicyclic) bond motifs is 1. The minimum absolute atomic E-state index is 0.131. The first-order valence-corrected chi connectivity index (χ1v) is 8.52. The topological polar surface area (TPSA) is 65.3 Å². The van der Waals surface area contributed by atoms with E-state index in [0.29, 0.717) is 34.4 Å². The number of phenols is 1. The number of anilines is 1. The number of hydrogen-bond donors (Lipinski definition) is 1. The molecule has 0 aromatic heterocycles. The van der Waals surface area contributed by atoms with Crippen LogP contribution < -0.4 is 4.90 Å². The van der Waals surface area contributed by atoms with Gasteiger partial charge in [0.1, 0.15) is 22.3 Å². The Hall–Kier alpha value is -2.37. The van der Waals surface area contributed by atoms with Crippen LogP contribution in [-0.4, -0.2) is 33.3 Å². The number of amides is 1. The Balaban J connectivity index is 1.75. The van der Waals surface area contributed by atoms with Crippen molar-refractivity contribution in [3.63, 3.8) is 0 Å². The summed E-state index contributed by atoms with van der Waals surface area (Å²) in [6.07, 6.45) is 0.325. The molecule has 0 bridgehead atoms. The Bertz CT molecular complexity index is 909. The third-order valence-corrected chi connectivity index (χ3v) is 4.86. The molecule has 4 rings (SSSR count). The van der Waals surface area contributed by atoms with Crippen molar-refractivity contribution in [2.75, 3.05) is 4.90 Å². The van der Waals surface area contributed by atoms with Crippen molar-refractivity contribution < 1.29 is 9.90 Å². The molecule has 0 saturated carbocycles. The standard InChI is InChI=1S/C18H13Cl2N3O2/c19-15-9-14(21-12-3-1-2-4-13(12)22-15)17-16(20)18(25)23(17)10-5-7-11(24)8-6-10/h1-8,16-17,24H,9H2. The number of β-lactam (4-membered cyclic amide) rings is 1. The minimum atomic E-state index is -0.706. The van der Waals surface area contributed by atoms with E-state index in [-0.39, 0.29) is 11.7 Å². The lowest BCUT2D eigenvalue weighted by atomic mass is 9.93. The smallest absolute Gasteiger partial charge is 0.248 e. The molecule has 1 saturated heterocycles. The fourth-order valence-electron chi connectivity index (χ4n) is 3.01. The SMILES string of the molecule is O=C1C(Cl)C(C2=Nc3ccccc3N=C(Cl)C2)N1c1ccc(O)cc1. The Kier molecular flexibility index (Phi) is 3.98. The molecule has 2 heterocycles. The molecule has 2 atom stereocenters. The van der Waals surface area contributed by atoms with E-state index in [9.17, 15) is 9.90 Å². The number of rotatable bonds is 2. The number of aliphatic imine (C=N–C) groups is 2. The lowest BCUT2D eigenvalue weighted by Crippen LogP contribution is -2.66. The van der Waals surface area contributed by atoms with E-state index < -0.39 is 11.4 Å². The first kappa shape index (κ1) is 16.1. The molecule has 2 unspecified atom stereocenters. The van der Waals surface area contributed by atoms with Gasteiger partial charge in [0.2, 0.25) is 5.91 Å². The van der Waals surface area contributed by atoms with Crippen LogP contribution in [0.4, 0.5) is 17.1 Å². The van der Waals surface area contributed by atoms with Gasteiger partial charge in [-0.25, -0.2) is 4.99 Å². The van der Waals surface area contributed by atoms with Gasteiger partial charge in [-0.3, -0.25) is 9.79 Å². The number of para-hydroxylation sites is 2. The Morgan fingerprint density at radius 2 is 1.68 bits per heavy atom. The molecular formula is C18H13Cl2N3O2. The molecule has 1 N–H and O–H groups in total. The highest BCUT2D eigenvalue weighted by Crippen LogP contribution is 2.38. The van der Waals surface area contributed by atoms with Gasteiger partial charge in [0.05, 0.1) is 17.1 Å². The van der Waals surface area contributed by atoms with Crippen LogP contribution in [0.2, 0.25) is 0 Å². The normalized spacial score (nSPS) is 22.5. The number of hydrogen-bond acceptors (Lipinski definition) is 4. The van der Waals surface area contributed by atoms with Gasteiger partial charge in [0.15, 0.2) is 0 Å². The first-order valence-electron chi connectivity index (χ1n) is 7.70. The average Bonchev–Trinajstić information content (AvgIpc) is 2.77. The van der Waals surface area contributed by atoms with E-state index in [2.05, 4.69) is 9.98 Å². The Morgan fingerprint density at radius 1 is 1.04 bits per heavy atom. The molecule has 7 heteroatoms. The molecular weight excluding hydrogens is 361 g/mol. The van der Waals surface area contributed by atoms with Crippen LogP contribution in [0, 0.1) is 0 Å². The van der Waals surface area contributed by atoms with Gasteiger partial charge in [0, 0.05) is 12.1 Å². The number of carbonyl (C=O) groups is 1. The maximum absolute atomic E-state index is 12.3. The number of carbonyl (C=O) groups excluding carboxylic acids is 1. The van der Waals surface area contributed by atoms with E-state index >= 15 is 0 Å². The molecule has 126 valence electrons. The van der Waals surface area contributed by atoms with E-state index in [1.165, 1.54) is 12.1 Å². The largest absolute Gasteiger partial charge is 0.508 e. The Labute approximate surface area is 154 Å². The summed E-state index contributed by atoms with van der Waals surface area (Å²) in [5.74, 6) is -0.0720. The summed E-state index contributed by atoms with van der Waals surface area (Å²) in [4.78, 5) is 23.0. The third-order valence-electron chi connectivity index (χ3n) is 4.21. The second-order valence-corrected chi connectivity index (χ2v) is 6.73. The molecule has 0 spiro atoms. The predicted molar refractivity (Wildman–Crippen MR) is 100 cm³/mol.